The maximum atomic E-state index is 13.4. The third-order valence-corrected chi connectivity index (χ3v) is 7.32. The van der Waals surface area contributed by atoms with E-state index in [1.807, 2.05) is 19.2 Å². The number of nitrogens with zero attached hydrogens (tertiary/aromatic N) is 4. The molecule has 0 aromatic carbocycles. The van der Waals surface area contributed by atoms with Crippen LogP contribution in [-0.2, 0) is 16.0 Å². The van der Waals surface area contributed by atoms with Gasteiger partial charge >= 0.3 is 0 Å². The first-order valence-electron chi connectivity index (χ1n) is 12.1. The highest BCUT2D eigenvalue weighted by Crippen LogP contribution is 2.44. The number of nitrogens with one attached hydrogen (secondary N) is 1. The number of piperazine rings is 1. The topological polar surface area (TPSA) is 88.1 Å². The van der Waals surface area contributed by atoms with Crippen LogP contribution in [0.4, 0.5) is 5.69 Å². The maximum Gasteiger partial charge on any atom is 0.176 e. The standard InChI is InChI=1S/C26H31N5O2/c1-16-21-15-29-22(13-19-7-8-20(14-28-19)31-11-9-27-10-12-31)30-25(21)24(18-5-3-4-6-18)26(33)23(16)17(2)32/h7-8,14-15,18,24,27H,3-6,9-13H2,1-2H3. The van der Waals surface area contributed by atoms with Crippen molar-refractivity contribution in [3.63, 3.8) is 0 Å². The van der Waals surface area contributed by atoms with Gasteiger partial charge in [-0.05, 0) is 50.3 Å². The van der Waals surface area contributed by atoms with Gasteiger partial charge in [-0.2, -0.15) is 0 Å². The zero-order chi connectivity index (χ0) is 22.9. The second-order valence-electron chi connectivity index (χ2n) is 9.45. The molecule has 1 aliphatic heterocycles. The molecule has 2 aromatic heterocycles. The SMILES string of the molecule is CC(=O)C1=C(C)c2cnc(Cc3ccc(N4CCNCC4)cn3)nc2C(C2CCCC2)C1=O. The third kappa shape index (κ3) is 4.22. The zero-order valence-corrected chi connectivity index (χ0v) is 19.4. The van der Waals surface area contributed by atoms with Crippen LogP contribution in [-0.4, -0.2) is 52.7 Å². The molecule has 2 fully saturated rings. The number of carbonyl (C=O) groups is 2. The summed E-state index contributed by atoms with van der Waals surface area (Å²) in [5.41, 5.74) is 4.74. The predicted octanol–water partition coefficient (Wildman–Crippen LogP) is 3.09. The van der Waals surface area contributed by atoms with E-state index in [1.165, 1.54) is 6.92 Å². The Morgan fingerprint density at radius 1 is 1.12 bits per heavy atom. The summed E-state index contributed by atoms with van der Waals surface area (Å²) in [5.74, 6) is 0.366. The summed E-state index contributed by atoms with van der Waals surface area (Å²) in [6.45, 7) is 7.28. The van der Waals surface area contributed by atoms with Crippen LogP contribution in [0.5, 0.6) is 0 Å². The molecule has 2 aliphatic carbocycles. The number of anilines is 1. The molecule has 1 atom stereocenters. The molecule has 1 saturated heterocycles. The number of carbonyl (C=O) groups excluding carboxylic acids is 2. The number of hydrogen-bond donors (Lipinski definition) is 1. The van der Waals surface area contributed by atoms with Crippen LogP contribution < -0.4 is 10.2 Å². The number of hydrogen-bond acceptors (Lipinski definition) is 7. The zero-order valence-electron chi connectivity index (χ0n) is 19.4. The van der Waals surface area contributed by atoms with Crippen molar-refractivity contribution in [3.8, 4) is 0 Å². The summed E-state index contributed by atoms with van der Waals surface area (Å²) in [5, 5.41) is 3.37. The molecule has 0 bridgehead atoms. The lowest BCUT2D eigenvalue weighted by atomic mass is 9.74. The van der Waals surface area contributed by atoms with E-state index in [0.29, 0.717) is 23.4 Å². The van der Waals surface area contributed by atoms with Crippen molar-refractivity contribution in [2.24, 2.45) is 5.92 Å². The van der Waals surface area contributed by atoms with Gasteiger partial charge in [0.1, 0.15) is 5.82 Å². The van der Waals surface area contributed by atoms with E-state index in [9.17, 15) is 9.59 Å². The minimum Gasteiger partial charge on any atom is -0.368 e. The second kappa shape index (κ2) is 9.14. The Hall–Kier alpha value is -2.93. The van der Waals surface area contributed by atoms with Gasteiger partial charge < -0.3 is 10.2 Å². The number of pyridine rings is 1. The molecule has 0 radical (unpaired) electrons. The van der Waals surface area contributed by atoms with Gasteiger partial charge in [-0.25, -0.2) is 9.97 Å². The highest BCUT2D eigenvalue weighted by molar-refractivity contribution is 6.27. The van der Waals surface area contributed by atoms with E-state index in [0.717, 1.165) is 74.5 Å². The summed E-state index contributed by atoms with van der Waals surface area (Å²) in [6, 6.07) is 4.15. The van der Waals surface area contributed by atoms with Crippen LogP contribution in [0, 0.1) is 5.92 Å². The predicted molar refractivity (Wildman–Crippen MR) is 127 cm³/mol. The molecule has 7 heteroatoms. The average Bonchev–Trinajstić information content (AvgIpc) is 3.34. The number of allylic oxidation sites excluding steroid dienone is 2. The summed E-state index contributed by atoms with van der Waals surface area (Å²) in [4.78, 5) is 42.2. The van der Waals surface area contributed by atoms with Crippen LogP contribution in [0.3, 0.4) is 0 Å². The van der Waals surface area contributed by atoms with Crippen LogP contribution >= 0.6 is 0 Å². The monoisotopic (exact) mass is 445 g/mol. The van der Waals surface area contributed by atoms with Gasteiger partial charge in [0, 0.05) is 43.6 Å². The lowest BCUT2D eigenvalue weighted by Gasteiger charge is -2.30. The van der Waals surface area contributed by atoms with Crippen molar-refractivity contribution in [1.82, 2.24) is 20.3 Å². The molecule has 1 unspecified atom stereocenters. The summed E-state index contributed by atoms with van der Waals surface area (Å²) in [6.07, 6.45) is 8.52. The Bertz CT molecular complexity index is 1100. The van der Waals surface area contributed by atoms with Crippen LogP contribution in [0.15, 0.2) is 30.1 Å². The average molecular weight is 446 g/mol. The second-order valence-corrected chi connectivity index (χ2v) is 9.45. The molecule has 3 heterocycles. The largest absolute Gasteiger partial charge is 0.368 e. The van der Waals surface area contributed by atoms with Crippen molar-refractivity contribution in [3.05, 3.63) is 52.9 Å². The molecule has 5 rings (SSSR count). The summed E-state index contributed by atoms with van der Waals surface area (Å²) < 4.78 is 0. The van der Waals surface area contributed by atoms with Gasteiger partial charge in [-0.3, -0.25) is 14.6 Å². The van der Waals surface area contributed by atoms with Crippen molar-refractivity contribution in [2.45, 2.75) is 51.9 Å². The minimum atomic E-state index is -0.338. The Balaban J connectivity index is 1.44. The lowest BCUT2D eigenvalue weighted by molar-refractivity contribution is -0.122. The van der Waals surface area contributed by atoms with E-state index >= 15 is 0 Å². The minimum absolute atomic E-state index is 0.0532. The lowest BCUT2D eigenvalue weighted by Crippen LogP contribution is -2.43. The molecule has 1 N–H and O–H groups in total. The van der Waals surface area contributed by atoms with Crippen LogP contribution in [0.1, 0.15) is 68.2 Å². The molecular formula is C26H31N5O2. The van der Waals surface area contributed by atoms with E-state index < -0.39 is 0 Å². The number of Topliss-reactive ketones (excluding diaryl/α,β-unsaturated/α-hetero) is 2. The highest BCUT2D eigenvalue weighted by Gasteiger charge is 2.41. The fraction of sp³-hybridized carbons (Fsp3) is 0.500. The smallest absolute Gasteiger partial charge is 0.176 e. The molecule has 3 aliphatic rings. The van der Waals surface area contributed by atoms with Gasteiger partial charge in [0.05, 0.1) is 35.5 Å². The van der Waals surface area contributed by atoms with Crippen molar-refractivity contribution >= 4 is 22.8 Å². The molecule has 172 valence electrons. The van der Waals surface area contributed by atoms with Gasteiger partial charge in [0.2, 0.25) is 0 Å². The Morgan fingerprint density at radius 2 is 1.88 bits per heavy atom. The molecule has 0 amide bonds. The van der Waals surface area contributed by atoms with Crippen molar-refractivity contribution in [2.75, 3.05) is 31.1 Å². The first-order valence-corrected chi connectivity index (χ1v) is 12.1. The van der Waals surface area contributed by atoms with Gasteiger partial charge in [-0.1, -0.05) is 12.8 Å². The molecule has 2 aromatic rings. The molecule has 0 spiro atoms. The van der Waals surface area contributed by atoms with E-state index in [4.69, 9.17) is 4.98 Å². The maximum absolute atomic E-state index is 13.4. The number of aromatic nitrogens is 3. The van der Waals surface area contributed by atoms with Crippen LogP contribution in [0.25, 0.3) is 5.57 Å². The van der Waals surface area contributed by atoms with Gasteiger partial charge in [0.15, 0.2) is 11.6 Å². The molecule has 33 heavy (non-hydrogen) atoms. The molecule has 7 nitrogen and oxygen atoms in total. The Labute approximate surface area is 194 Å². The first kappa shape index (κ1) is 21.9. The van der Waals surface area contributed by atoms with Crippen LogP contribution in [0.2, 0.25) is 0 Å². The van der Waals surface area contributed by atoms with Gasteiger partial charge in [0.25, 0.3) is 0 Å². The van der Waals surface area contributed by atoms with E-state index in [2.05, 4.69) is 26.3 Å². The van der Waals surface area contributed by atoms with E-state index in [-0.39, 0.29) is 23.4 Å². The molecular weight excluding hydrogens is 414 g/mol. The molecule has 1 saturated carbocycles. The van der Waals surface area contributed by atoms with Crippen molar-refractivity contribution in [1.29, 1.82) is 0 Å². The van der Waals surface area contributed by atoms with Crippen molar-refractivity contribution < 1.29 is 9.59 Å². The normalized spacial score (nSPS) is 21.5. The summed E-state index contributed by atoms with van der Waals surface area (Å²) >= 11 is 0. The quantitative estimate of drug-likeness (QED) is 0.708. The highest BCUT2D eigenvalue weighted by atomic mass is 16.1. The third-order valence-electron chi connectivity index (χ3n) is 7.32. The van der Waals surface area contributed by atoms with E-state index in [1.54, 1.807) is 6.20 Å². The fourth-order valence-electron chi connectivity index (χ4n) is 5.60. The fourth-order valence-corrected chi connectivity index (χ4v) is 5.60. The number of ketones is 2. The number of rotatable bonds is 5. The first-order chi connectivity index (χ1) is 16.0. The Morgan fingerprint density at radius 3 is 2.55 bits per heavy atom. The number of fused-ring (bicyclic) bond motifs is 1. The summed E-state index contributed by atoms with van der Waals surface area (Å²) in [7, 11) is 0. The van der Waals surface area contributed by atoms with Gasteiger partial charge in [-0.15, -0.1) is 0 Å². The Kier molecular flexibility index (Phi) is 6.06.